The third kappa shape index (κ3) is 3.92. The fourth-order valence-corrected chi connectivity index (χ4v) is 0.558. The molecule has 5 heteroatoms. The van der Waals surface area contributed by atoms with Crippen molar-refractivity contribution in [2.75, 3.05) is 6.54 Å². The fraction of sp³-hybridized carbons (Fsp3) is 0.714. The van der Waals surface area contributed by atoms with Gasteiger partial charge in [0.15, 0.2) is 0 Å². The maximum Gasteiger partial charge on any atom is 0.323 e. The molecule has 0 atom stereocenters. The lowest BCUT2D eigenvalue weighted by Gasteiger charge is -2.20. The zero-order valence-corrected chi connectivity index (χ0v) is 7.13. The minimum absolute atomic E-state index is 0.0727. The van der Waals surface area contributed by atoms with Gasteiger partial charge in [-0.1, -0.05) is 0 Å². The summed E-state index contributed by atoms with van der Waals surface area (Å²) in [5.41, 5.74) is -1.06. The predicted octanol–water partition coefficient (Wildman–Crippen LogP) is -0.0861. The van der Waals surface area contributed by atoms with Gasteiger partial charge in [0.1, 0.15) is 5.54 Å². The Kier molecular flexibility index (Phi) is 3.69. The van der Waals surface area contributed by atoms with E-state index in [0.717, 1.165) is 0 Å². The molecule has 0 fully saturated rings. The quantitative estimate of drug-likeness (QED) is 0.543. The average molecular weight is 175 g/mol. The van der Waals surface area contributed by atoms with E-state index >= 15 is 0 Å². The fourth-order valence-electron chi connectivity index (χ4n) is 0.558. The second-order valence-corrected chi connectivity index (χ2v) is 3.00. The number of rotatable bonds is 5. The molecule has 0 spiro atoms. The van der Waals surface area contributed by atoms with Gasteiger partial charge in [0.05, 0.1) is 6.42 Å². The highest BCUT2D eigenvalue weighted by Gasteiger charge is 2.25. The summed E-state index contributed by atoms with van der Waals surface area (Å²) in [6.07, 6.45) is -0.0727. The highest BCUT2D eigenvalue weighted by molar-refractivity contribution is 5.77. The highest BCUT2D eigenvalue weighted by Crippen LogP contribution is 2.00. The summed E-state index contributed by atoms with van der Waals surface area (Å²) in [5, 5.41) is 19.5. The molecule has 0 rings (SSSR count). The molecule has 0 amide bonds. The molecule has 0 aromatic rings. The third-order valence-corrected chi connectivity index (χ3v) is 1.44. The number of hydrogen-bond acceptors (Lipinski definition) is 3. The maximum atomic E-state index is 10.5. The molecule has 0 aromatic carbocycles. The van der Waals surface area contributed by atoms with E-state index in [2.05, 4.69) is 5.32 Å². The van der Waals surface area contributed by atoms with Gasteiger partial charge in [0, 0.05) is 6.54 Å². The van der Waals surface area contributed by atoms with Crippen molar-refractivity contribution >= 4 is 11.9 Å². The zero-order valence-electron chi connectivity index (χ0n) is 7.13. The Morgan fingerprint density at radius 3 is 2.17 bits per heavy atom. The molecule has 0 radical (unpaired) electrons. The van der Waals surface area contributed by atoms with Crippen molar-refractivity contribution in [3.05, 3.63) is 0 Å². The number of carboxylic acid groups (broad SMARTS) is 2. The van der Waals surface area contributed by atoms with Crippen LogP contribution in [0.2, 0.25) is 0 Å². The SMILES string of the molecule is CC(C)(NCCC(=O)O)C(=O)O. The first-order valence-electron chi connectivity index (χ1n) is 3.56. The van der Waals surface area contributed by atoms with Crippen LogP contribution in [0.15, 0.2) is 0 Å². The van der Waals surface area contributed by atoms with E-state index in [-0.39, 0.29) is 13.0 Å². The van der Waals surface area contributed by atoms with Crippen molar-refractivity contribution in [3.8, 4) is 0 Å². The van der Waals surface area contributed by atoms with Gasteiger partial charge in [-0.25, -0.2) is 0 Å². The van der Waals surface area contributed by atoms with Crippen molar-refractivity contribution in [1.82, 2.24) is 5.32 Å². The summed E-state index contributed by atoms with van der Waals surface area (Å²) < 4.78 is 0. The molecular weight excluding hydrogens is 162 g/mol. The van der Waals surface area contributed by atoms with Crippen molar-refractivity contribution < 1.29 is 19.8 Å². The van der Waals surface area contributed by atoms with Gasteiger partial charge < -0.3 is 15.5 Å². The van der Waals surface area contributed by atoms with Crippen LogP contribution in [-0.2, 0) is 9.59 Å². The Balaban J connectivity index is 3.76. The van der Waals surface area contributed by atoms with E-state index in [0.29, 0.717) is 0 Å². The standard InChI is InChI=1S/C7H13NO4/c1-7(2,6(11)12)8-4-3-5(9)10/h8H,3-4H2,1-2H3,(H,9,10)(H,11,12). The number of nitrogens with one attached hydrogen (secondary N) is 1. The number of carbonyl (C=O) groups is 2. The van der Waals surface area contributed by atoms with Crippen LogP contribution >= 0.6 is 0 Å². The van der Waals surface area contributed by atoms with Crippen LogP contribution in [0.25, 0.3) is 0 Å². The molecule has 0 heterocycles. The van der Waals surface area contributed by atoms with Crippen LogP contribution in [-0.4, -0.2) is 34.2 Å². The normalized spacial score (nSPS) is 11.2. The van der Waals surface area contributed by atoms with Crippen LogP contribution in [0, 0.1) is 0 Å². The van der Waals surface area contributed by atoms with E-state index < -0.39 is 17.5 Å². The first-order valence-corrected chi connectivity index (χ1v) is 3.56. The molecular formula is C7H13NO4. The van der Waals surface area contributed by atoms with Gasteiger partial charge in [-0.05, 0) is 13.8 Å². The topological polar surface area (TPSA) is 86.6 Å². The molecule has 70 valence electrons. The summed E-state index contributed by atoms with van der Waals surface area (Å²) in [5.74, 6) is -1.93. The first kappa shape index (κ1) is 10.9. The van der Waals surface area contributed by atoms with Crippen LogP contribution in [0.5, 0.6) is 0 Å². The van der Waals surface area contributed by atoms with E-state index in [9.17, 15) is 9.59 Å². The Hall–Kier alpha value is -1.10. The summed E-state index contributed by atoms with van der Waals surface area (Å²) >= 11 is 0. The monoisotopic (exact) mass is 175 g/mol. The lowest BCUT2D eigenvalue weighted by atomic mass is 10.1. The predicted molar refractivity (Wildman–Crippen MR) is 42.0 cm³/mol. The molecule has 0 aliphatic heterocycles. The Morgan fingerprint density at radius 2 is 1.83 bits per heavy atom. The molecule has 5 nitrogen and oxygen atoms in total. The Labute approximate surface area is 70.4 Å². The zero-order chi connectivity index (χ0) is 9.78. The largest absolute Gasteiger partial charge is 0.481 e. The number of aliphatic carboxylic acids is 2. The summed E-state index contributed by atoms with van der Waals surface area (Å²) in [6, 6.07) is 0. The van der Waals surface area contributed by atoms with E-state index in [4.69, 9.17) is 10.2 Å². The summed E-state index contributed by atoms with van der Waals surface area (Å²) in [6.45, 7) is 3.13. The van der Waals surface area contributed by atoms with Gasteiger partial charge in [-0.2, -0.15) is 0 Å². The van der Waals surface area contributed by atoms with Gasteiger partial charge in [0.25, 0.3) is 0 Å². The van der Waals surface area contributed by atoms with E-state index in [1.54, 1.807) is 0 Å². The van der Waals surface area contributed by atoms with Crippen LogP contribution < -0.4 is 5.32 Å². The molecule has 3 N–H and O–H groups in total. The molecule has 0 aromatic heterocycles. The molecule has 0 unspecified atom stereocenters. The minimum Gasteiger partial charge on any atom is -0.481 e. The van der Waals surface area contributed by atoms with Gasteiger partial charge in [-0.15, -0.1) is 0 Å². The van der Waals surface area contributed by atoms with Crippen molar-refractivity contribution in [2.45, 2.75) is 25.8 Å². The second kappa shape index (κ2) is 4.06. The second-order valence-electron chi connectivity index (χ2n) is 3.00. The number of hydrogen-bond donors (Lipinski definition) is 3. The summed E-state index contributed by atoms with van der Waals surface area (Å²) in [7, 11) is 0. The minimum atomic E-state index is -1.06. The Bertz CT molecular complexity index is 188. The van der Waals surface area contributed by atoms with Crippen LogP contribution in [0.3, 0.4) is 0 Å². The third-order valence-electron chi connectivity index (χ3n) is 1.44. The average Bonchev–Trinajstić information content (AvgIpc) is 1.85. The van der Waals surface area contributed by atoms with Gasteiger partial charge in [0.2, 0.25) is 0 Å². The highest BCUT2D eigenvalue weighted by atomic mass is 16.4. The van der Waals surface area contributed by atoms with Crippen molar-refractivity contribution in [1.29, 1.82) is 0 Å². The smallest absolute Gasteiger partial charge is 0.323 e. The molecule has 12 heavy (non-hydrogen) atoms. The van der Waals surface area contributed by atoms with E-state index in [1.807, 2.05) is 0 Å². The lowest BCUT2D eigenvalue weighted by molar-refractivity contribution is -0.144. The molecule has 0 saturated heterocycles. The maximum absolute atomic E-state index is 10.5. The Morgan fingerprint density at radius 1 is 1.33 bits per heavy atom. The van der Waals surface area contributed by atoms with Crippen molar-refractivity contribution in [3.63, 3.8) is 0 Å². The lowest BCUT2D eigenvalue weighted by Crippen LogP contribution is -2.47. The summed E-state index contributed by atoms with van der Waals surface area (Å²) in [4.78, 5) is 20.6. The van der Waals surface area contributed by atoms with Gasteiger partial charge >= 0.3 is 11.9 Å². The molecule has 0 aliphatic rings. The molecule has 0 bridgehead atoms. The first-order chi connectivity index (χ1) is 5.36. The van der Waals surface area contributed by atoms with Gasteiger partial charge in [-0.3, -0.25) is 9.59 Å². The van der Waals surface area contributed by atoms with Crippen molar-refractivity contribution in [2.24, 2.45) is 0 Å². The van der Waals surface area contributed by atoms with Crippen LogP contribution in [0.4, 0.5) is 0 Å². The molecule has 0 aliphatic carbocycles. The molecule has 0 saturated carbocycles. The number of carboxylic acids is 2. The van der Waals surface area contributed by atoms with E-state index in [1.165, 1.54) is 13.8 Å². The van der Waals surface area contributed by atoms with Crippen LogP contribution in [0.1, 0.15) is 20.3 Å².